The Morgan fingerprint density at radius 1 is 1.67 bits per heavy atom. The molecule has 18 heavy (non-hydrogen) atoms. The summed E-state index contributed by atoms with van der Waals surface area (Å²) in [6, 6.07) is -0.950. The monoisotopic (exact) mass is 249 g/mol. The highest BCUT2D eigenvalue weighted by atomic mass is 16.4. The third kappa shape index (κ3) is 4.25. The van der Waals surface area contributed by atoms with E-state index >= 15 is 0 Å². The first-order valence-corrected chi connectivity index (χ1v) is 5.34. The molecule has 0 bridgehead atoms. The van der Waals surface area contributed by atoms with E-state index < -0.39 is 17.9 Å². The number of aromatic nitrogens is 2. The molecule has 0 saturated heterocycles. The molecule has 96 valence electrons. The van der Waals surface area contributed by atoms with Crippen LogP contribution < -0.4 is 5.32 Å². The first kappa shape index (κ1) is 13.7. The van der Waals surface area contributed by atoms with E-state index in [0.29, 0.717) is 0 Å². The molecule has 2 N–H and O–H groups in total. The van der Waals surface area contributed by atoms with E-state index in [0.717, 1.165) is 5.56 Å². The number of carbonyl (C=O) groups excluding carboxylic acids is 1. The van der Waals surface area contributed by atoms with E-state index in [1.165, 1.54) is 12.2 Å². The summed E-state index contributed by atoms with van der Waals surface area (Å²) in [7, 11) is 1.77. The van der Waals surface area contributed by atoms with Gasteiger partial charge in [0.2, 0.25) is 5.91 Å². The van der Waals surface area contributed by atoms with Gasteiger partial charge in [0.1, 0.15) is 6.04 Å². The van der Waals surface area contributed by atoms with Gasteiger partial charge in [-0.25, -0.2) is 4.79 Å². The van der Waals surface area contributed by atoms with Crippen molar-refractivity contribution in [2.45, 2.75) is 12.5 Å². The van der Waals surface area contributed by atoms with Gasteiger partial charge < -0.3 is 10.4 Å². The van der Waals surface area contributed by atoms with Gasteiger partial charge in [0, 0.05) is 24.9 Å². The molecule has 1 amide bonds. The van der Waals surface area contributed by atoms with Crippen LogP contribution >= 0.6 is 0 Å². The Labute approximate surface area is 105 Å². The van der Waals surface area contributed by atoms with E-state index in [1.54, 1.807) is 30.2 Å². The first-order valence-electron chi connectivity index (χ1n) is 5.34. The van der Waals surface area contributed by atoms with Crippen LogP contribution in [0.25, 0.3) is 6.08 Å². The first-order chi connectivity index (χ1) is 8.52. The lowest BCUT2D eigenvalue weighted by atomic mass is 10.2. The fraction of sp³-hybridized carbons (Fsp3) is 0.250. The van der Waals surface area contributed by atoms with E-state index in [2.05, 4.69) is 17.0 Å². The molecule has 0 spiro atoms. The highest BCUT2D eigenvalue weighted by Gasteiger charge is 2.16. The van der Waals surface area contributed by atoms with Crippen LogP contribution in [0.15, 0.2) is 31.1 Å². The molecule has 1 unspecified atom stereocenters. The van der Waals surface area contributed by atoms with Crippen molar-refractivity contribution in [2.24, 2.45) is 7.05 Å². The Balaban J connectivity index is 2.57. The van der Waals surface area contributed by atoms with Gasteiger partial charge in [-0.3, -0.25) is 9.48 Å². The highest BCUT2D eigenvalue weighted by Crippen LogP contribution is 1.99. The fourth-order valence-corrected chi connectivity index (χ4v) is 1.31. The van der Waals surface area contributed by atoms with Crippen LogP contribution in [0, 0.1) is 0 Å². The third-order valence-corrected chi connectivity index (χ3v) is 2.17. The Morgan fingerprint density at radius 2 is 2.39 bits per heavy atom. The molecular weight excluding hydrogens is 234 g/mol. The predicted molar refractivity (Wildman–Crippen MR) is 66.6 cm³/mol. The average molecular weight is 249 g/mol. The summed E-state index contributed by atoms with van der Waals surface area (Å²) in [5.74, 6) is -1.55. The Bertz CT molecular complexity index is 477. The van der Waals surface area contributed by atoms with Crippen LogP contribution in [0.5, 0.6) is 0 Å². The fourth-order valence-electron chi connectivity index (χ4n) is 1.31. The van der Waals surface area contributed by atoms with Crippen molar-refractivity contribution in [3.05, 3.63) is 36.7 Å². The summed E-state index contributed by atoms with van der Waals surface area (Å²) >= 11 is 0. The second-order valence-corrected chi connectivity index (χ2v) is 3.70. The van der Waals surface area contributed by atoms with Gasteiger partial charge in [0.05, 0.1) is 6.20 Å². The molecular formula is C12H15N3O3. The summed E-state index contributed by atoms with van der Waals surface area (Å²) in [5.41, 5.74) is 0.767. The molecule has 1 rings (SSSR count). The number of carbonyl (C=O) groups is 2. The topological polar surface area (TPSA) is 84.2 Å². The van der Waals surface area contributed by atoms with Crippen molar-refractivity contribution in [1.82, 2.24) is 15.1 Å². The van der Waals surface area contributed by atoms with Crippen LogP contribution in [-0.4, -0.2) is 32.8 Å². The maximum absolute atomic E-state index is 11.5. The zero-order valence-electron chi connectivity index (χ0n) is 10.0. The van der Waals surface area contributed by atoms with E-state index in [-0.39, 0.29) is 6.42 Å². The van der Waals surface area contributed by atoms with Crippen molar-refractivity contribution >= 4 is 18.0 Å². The smallest absolute Gasteiger partial charge is 0.326 e. The number of hydrogen-bond acceptors (Lipinski definition) is 3. The number of carboxylic acids is 1. The van der Waals surface area contributed by atoms with Crippen molar-refractivity contribution in [3.8, 4) is 0 Å². The number of nitrogens with zero attached hydrogens (tertiary/aromatic N) is 2. The van der Waals surface area contributed by atoms with Crippen LogP contribution in [0.1, 0.15) is 12.0 Å². The number of amides is 1. The summed E-state index contributed by atoms with van der Waals surface area (Å²) < 4.78 is 1.61. The average Bonchev–Trinajstić information content (AvgIpc) is 2.72. The summed E-state index contributed by atoms with van der Waals surface area (Å²) in [6.45, 7) is 3.44. The van der Waals surface area contributed by atoms with Crippen molar-refractivity contribution in [3.63, 3.8) is 0 Å². The van der Waals surface area contributed by atoms with E-state index in [9.17, 15) is 9.59 Å². The Morgan fingerprint density at radius 3 is 2.89 bits per heavy atom. The highest BCUT2D eigenvalue weighted by molar-refractivity contribution is 5.94. The minimum atomic E-state index is -1.09. The molecule has 1 aromatic rings. The summed E-state index contributed by atoms with van der Waals surface area (Å²) in [5, 5.41) is 15.2. The molecule has 0 aromatic carbocycles. The normalized spacial score (nSPS) is 12.3. The van der Waals surface area contributed by atoms with Gasteiger partial charge in [-0.1, -0.05) is 6.08 Å². The molecule has 0 saturated carbocycles. The van der Waals surface area contributed by atoms with E-state index in [4.69, 9.17) is 5.11 Å². The second-order valence-electron chi connectivity index (χ2n) is 3.70. The molecule has 0 aliphatic rings. The molecule has 0 aliphatic heterocycles. The van der Waals surface area contributed by atoms with Crippen LogP contribution in [0.3, 0.4) is 0 Å². The van der Waals surface area contributed by atoms with E-state index in [1.807, 2.05) is 0 Å². The van der Waals surface area contributed by atoms with Gasteiger partial charge in [-0.05, 0) is 12.5 Å². The number of nitrogens with one attached hydrogen (secondary N) is 1. The van der Waals surface area contributed by atoms with Gasteiger partial charge in [0.25, 0.3) is 0 Å². The SMILES string of the molecule is C=CCC(NC(=O)/C=C/c1cnn(C)c1)C(=O)O. The maximum atomic E-state index is 11.5. The molecule has 1 heterocycles. The summed E-state index contributed by atoms with van der Waals surface area (Å²) in [6.07, 6.45) is 7.81. The molecule has 1 atom stereocenters. The number of aliphatic carboxylic acids is 1. The Kier molecular flexibility index (Phi) is 4.86. The van der Waals surface area contributed by atoms with Crippen LogP contribution in [0.4, 0.5) is 0 Å². The van der Waals surface area contributed by atoms with Gasteiger partial charge in [0.15, 0.2) is 0 Å². The van der Waals surface area contributed by atoms with Gasteiger partial charge in [-0.2, -0.15) is 5.10 Å². The molecule has 6 nitrogen and oxygen atoms in total. The number of hydrogen-bond donors (Lipinski definition) is 2. The number of aryl methyl sites for hydroxylation is 1. The van der Waals surface area contributed by atoms with Gasteiger partial charge >= 0.3 is 5.97 Å². The zero-order valence-corrected chi connectivity index (χ0v) is 10.0. The van der Waals surface area contributed by atoms with Crippen LogP contribution in [0.2, 0.25) is 0 Å². The lowest BCUT2D eigenvalue weighted by Gasteiger charge is -2.10. The maximum Gasteiger partial charge on any atom is 0.326 e. The molecule has 0 radical (unpaired) electrons. The Hall–Kier alpha value is -2.37. The quantitative estimate of drug-likeness (QED) is 0.570. The lowest BCUT2D eigenvalue weighted by Crippen LogP contribution is -2.39. The molecule has 0 fully saturated rings. The summed E-state index contributed by atoms with van der Waals surface area (Å²) in [4.78, 5) is 22.3. The predicted octanol–water partition coefficient (Wildman–Crippen LogP) is 0.579. The number of rotatable bonds is 6. The minimum absolute atomic E-state index is 0.182. The molecule has 1 aromatic heterocycles. The van der Waals surface area contributed by atoms with Crippen LogP contribution in [-0.2, 0) is 16.6 Å². The molecule has 6 heteroatoms. The standard InChI is InChI=1S/C12H15N3O3/c1-3-4-10(12(17)18)14-11(16)6-5-9-7-13-15(2)8-9/h3,5-8,10H,1,4H2,2H3,(H,14,16)(H,17,18)/b6-5+. The number of carboxylic acid groups (broad SMARTS) is 1. The zero-order chi connectivity index (χ0) is 13.5. The third-order valence-electron chi connectivity index (χ3n) is 2.17. The molecule has 0 aliphatic carbocycles. The van der Waals surface area contributed by atoms with Crippen molar-refractivity contribution in [1.29, 1.82) is 0 Å². The van der Waals surface area contributed by atoms with Crippen molar-refractivity contribution < 1.29 is 14.7 Å². The van der Waals surface area contributed by atoms with Gasteiger partial charge in [-0.15, -0.1) is 6.58 Å². The van der Waals surface area contributed by atoms with Crippen molar-refractivity contribution in [2.75, 3.05) is 0 Å². The largest absolute Gasteiger partial charge is 0.480 e. The lowest BCUT2D eigenvalue weighted by molar-refractivity contribution is -0.141. The minimum Gasteiger partial charge on any atom is -0.480 e. The second kappa shape index (κ2) is 6.39.